The third-order valence-electron chi connectivity index (χ3n) is 3.41. The van der Waals surface area contributed by atoms with Gasteiger partial charge in [0.25, 0.3) is 11.8 Å². The number of nitrogens with one attached hydrogen (secondary N) is 3. The van der Waals surface area contributed by atoms with E-state index in [9.17, 15) is 14.0 Å². The van der Waals surface area contributed by atoms with Crippen molar-refractivity contribution < 1.29 is 18.9 Å². The zero-order valence-corrected chi connectivity index (χ0v) is 13.2. The Morgan fingerprint density at radius 2 is 2.23 bits per heavy atom. The number of amides is 2. The fourth-order valence-corrected chi connectivity index (χ4v) is 3.10. The van der Waals surface area contributed by atoms with Gasteiger partial charge in [0.1, 0.15) is 5.82 Å². The Bertz CT molecular complexity index is 527. The molecule has 0 aliphatic carbocycles. The van der Waals surface area contributed by atoms with Gasteiger partial charge in [0, 0.05) is 18.1 Å². The summed E-state index contributed by atoms with van der Waals surface area (Å²) in [5, 5.41) is 5.58. The number of piperazine rings is 1. The molecule has 5 nitrogen and oxygen atoms in total. The minimum atomic E-state index is -0.189. The van der Waals surface area contributed by atoms with Crippen LogP contribution in [-0.2, 0) is 15.3 Å². The number of hydrogen-bond donors (Lipinski definition) is 3. The Hall–Kier alpha value is -1.60. The number of rotatable bonds is 7. The molecule has 0 saturated carbocycles. The summed E-state index contributed by atoms with van der Waals surface area (Å²) in [4.78, 5) is 24.0. The first-order valence-corrected chi connectivity index (χ1v) is 8.49. The molecule has 1 aromatic rings. The van der Waals surface area contributed by atoms with E-state index in [0.29, 0.717) is 37.5 Å². The van der Waals surface area contributed by atoms with E-state index in [-0.39, 0.29) is 17.6 Å². The number of thioether (sulfide) groups is 1. The highest BCUT2D eigenvalue weighted by molar-refractivity contribution is 7.98. The van der Waals surface area contributed by atoms with Gasteiger partial charge in [0.15, 0.2) is 13.1 Å². The molecule has 0 aromatic heterocycles. The molecular formula is C15H21FN3O2S+. The van der Waals surface area contributed by atoms with Crippen LogP contribution >= 0.6 is 11.8 Å². The standard InChI is InChI=1S/C15H20FN3O2S/c16-13-4-2-1-3-12(13)11-22-8-6-18-15(21)10-19-7-5-17-14(20)9-19/h1-4H,5-11H2,(H,17,20)(H,18,21)/p+1. The van der Waals surface area contributed by atoms with Crippen LogP contribution in [0.3, 0.4) is 0 Å². The summed E-state index contributed by atoms with van der Waals surface area (Å²) in [5.74, 6) is 1.09. The number of halogens is 1. The van der Waals surface area contributed by atoms with Gasteiger partial charge in [-0.25, -0.2) is 4.39 Å². The molecule has 1 unspecified atom stereocenters. The summed E-state index contributed by atoms with van der Waals surface area (Å²) >= 11 is 1.58. The molecule has 2 amide bonds. The van der Waals surface area contributed by atoms with Crippen molar-refractivity contribution >= 4 is 23.6 Å². The molecule has 1 aliphatic rings. The highest BCUT2D eigenvalue weighted by Gasteiger charge is 2.21. The van der Waals surface area contributed by atoms with Crippen molar-refractivity contribution in [3.63, 3.8) is 0 Å². The number of carbonyl (C=O) groups is 2. The van der Waals surface area contributed by atoms with Gasteiger partial charge in [-0.3, -0.25) is 9.59 Å². The van der Waals surface area contributed by atoms with E-state index < -0.39 is 0 Å². The monoisotopic (exact) mass is 326 g/mol. The maximum absolute atomic E-state index is 13.4. The first-order valence-electron chi connectivity index (χ1n) is 7.33. The summed E-state index contributed by atoms with van der Waals surface area (Å²) in [6.45, 7) is 2.64. The zero-order chi connectivity index (χ0) is 15.8. The van der Waals surface area contributed by atoms with Crippen LogP contribution in [0.5, 0.6) is 0 Å². The van der Waals surface area contributed by atoms with Gasteiger partial charge in [-0.2, -0.15) is 11.8 Å². The minimum absolute atomic E-state index is 0.00510. The second kappa shape index (κ2) is 8.75. The molecule has 1 aliphatic heterocycles. The van der Waals surface area contributed by atoms with Crippen molar-refractivity contribution in [2.24, 2.45) is 0 Å². The summed E-state index contributed by atoms with van der Waals surface area (Å²) < 4.78 is 13.4. The van der Waals surface area contributed by atoms with Crippen LogP contribution in [0.15, 0.2) is 24.3 Å². The second-order valence-electron chi connectivity index (χ2n) is 5.20. The molecule has 1 fully saturated rings. The van der Waals surface area contributed by atoms with Crippen molar-refractivity contribution in [3.8, 4) is 0 Å². The largest absolute Gasteiger partial charge is 0.350 e. The third kappa shape index (κ3) is 5.65. The summed E-state index contributed by atoms with van der Waals surface area (Å²) in [5.41, 5.74) is 0.683. The lowest BCUT2D eigenvalue weighted by Gasteiger charge is -2.22. The van der Waals surface area contributed by atoms with Crippen LogP contribution in [0.2, 0.25) is 0 Å². The van der Waals surface area contributed by atoms with Gasteiger partial charge < -0.3 is 15.5 Å². The van der Waals surface area contributed by atoms with E-state index in [1.807, 2.05) is 6.07 Å². The molecule has 0 bridgehead atoms. The maximum Gasteiger partial charge on any atom is 0.275 e. The molecule has 22 heavy (non-hydrogen) atoms. The average Bonchev–Trinajstić information content (AvgIpc) is 2.48. The molecule has 7 heteroatoms. The third-order valence-corrected chi connectivity index (χ3v) is 4.41. The van der Waals surface area contributed by atoms with E-state index in [0.717, 1.165) is 17.2 Å². The van der Waals surface area contributed by atoms with Gasteiger partial charge in [-0.1, -0.05) is 18.2 Å². The van der Waals surface area contributed by atoms with E-state index in [2.05, 4.69) is 10.6 Å². The summed E-state index contributed by atoms with van der Waals surface area (Å²) in [7, 11) is 0. The summed E-state index contributed by atoms with van der Waals surface area (Å²) in [6.07, 6.45) is 0. The topological polar surface area (TPSA) is 62.6 Å². The molecule has 3 N–H and O–H groups in total. The van der Waals surface area contributed by atoms with Crippen LogP contribution in [-0.4, -0.2) is 50.3 Å². The summed E-state index contributed by atoms with van der Waals surface area (Å²) in [6, 6.07) is 6.71. The van der Waals surface area contributed by atoms with Gasteiger partial charge in [0.05, 0.1) is 13.1 Å². The molecule has 120 valence electrons. The second-order valence-corrected chi connectivity index (χ2v) is 6.30. The number of benzene rings is 1. The number of quaternary nitrogens is 1. The Kier molecular flexibility index (Phi) is 6.67. The van der Waals surface area contributed by atoms with Gasteiger partial charge in [-0.05, 0) is 11.6 Å². The average molecular weight is 326 g/mol. The fourth-order valence-electron chi connectivity index (χ4n) is 2.26. The Balaban J connectivity index is 1.57. The molecule has 0 radical (unpaired) electrons. The molecule has 1 saturated heterocycles. The molecule has 2 rings (SSSR count). The Labute approximate surface area is 133 Å². The normalized spacial score (nSPS) is 17.9. The lowest BCUT2D eigenvalue weighted by molar-refractivity contribution is -0.885. The smallest absolute Gasteiger partial charge is 0.275 e. The van der Waals surface area contributed by atoms with Gasteiger partial charge >= 0.3 is 0 Å². The van der Waals surface area contributed by atoms with E-state index in [1.54, 1.807) is 23.9 Å². The molecule has 0 spiro atoms. The number of carbonyl (C=O) groups excluding carboxylic acids is 2. The highest BCUT2D eigenvalue weighted by Crippen LogP contribution is 2.14. The zero-order valence-electron chi connectivity index (χ0n) is 12.4. The molecule has 1 aromatic carbocycles. The predicted octanol–water partition coefficient (Wildman–Crippen LogP) is -0.810. The van der Waals surface area contributed by atoms with Crippen molar-refractivity contribution in [2.45, 2.75) is 5.75 Å². The van der Waals surface area contributed by atoms with Crippen molar-refractivity contribution in [2.75, 3.05) is 38.5 Å². The van der Waals surface area contributed by atoms with E-state index in [4.69, 9.17) is 0 Å². The first-order chi connectivity index (χ1) is 10.6. The Morgan fingerprint density at radius 1 is 1.41 bits per heavy atom. The van der Waals surface area contributed by atoms with Gasteiger partial charge in [0.2, 0.25) is 0 Å². The predicted molar refractivity (Wildman–Crippen MR) is 84.1 cm³/mol. The van der Waals surface area contributed by atoms with Crippen molar-refractivity contribution in [1.82, 2.24) is 10.6 Å². The SMILES string of the molecule is O=C(C[NH+]1CCNC(=O)C1)NCCSCc1ccccc1F. The molecule has 1 heterocycles. The first kappa shape index (κ1) is 16.8. The van der Waals surface area contributed by atoms with Crippen molar-refractivity contribution in [3.05, 3.63) is 35.6 Å². The maximum atomic E-state index is 13.4. The lowest BCUT2D eigenvalue weighted by atomic mass is 10.2. The quantitative estimate of drug-likeness (QED) is 0.575. The fraction of sp³-hybridized carbons (Fsp3) is 0.467. The van der Waals surface area contributed by atoms with Crippen LogP contribution in [0.25, 0.3) is 0 Å². The van der Waals surface area contributed by atoms with Crippen molar-refractivity contribution in [1.29, 1.82) is 0 Å². The molecular weight excluding hydrogens is 305 g/mol. The Morgan fingerprint density at radius 3 is 3.00 bits per heavy atom. The van der Waals surface area contributed by atoms with Crippen LogP contribution in [0.4, 0.5) is 4.39 Å². The van der Waals surface area contributed by atoms with Crippen LogP contribution in [0.1, 0.15) is 5.56 Å². The van der Waals surface area contributed by atoms with Crippen LogP contribution < -0.4 is 15.5 Å². The number of hydrogen-bond acceptors (Lipinski definition) is 3. The highest BCUT2D eigenvalue weighted by atomic mass is 32.2. The molecule has 1 atom stereocenters. The van der Waals surface area contributed by atoms with Crippen LogP contribution in [0, 0.1) is 5.82 Å². The minimum Gasteiger partial charge on any atom is -0.350 e. The van der Waals surface area contributed by atoms with E-state index >= 15 is 0 Å². The van der Waals surface area contributed by atoms with E-state index in [1.165, 1.54) is 6.07 Å². The van der Waals surface area contributed by atoms with Gasteiger partial charge in [-0.15, -0.1) is 0 Å². The lowest BCUT2D eigenvalue weighted by Crippen LogP contribution is -3.16.